The van der Waals surface area contributed by atoms with E-state index in [1.54, 1.807) is 7.11 Å². The van der Waals surface area contributed by atoms with Crippen molar-refractivity contribution in [2.45, 2.75) is 52.9 Å². The monoisotopic (exact) mass is 522 g/mol. The molecule has 8 nitrogen and oxygen atoms in total. The number of nitrogens with zero attached hydrogens (tertiary/aromatic N) is 5. The van der Waals surface area contributed by atoms with E-state index in [-0.39, 0.29) is 11.6 Å². The molecular formula is C31H34N6O2. The van der Waals surface area contributed by atoms with Crippen LogP contribution in [0.1, 0.15) is 53.0 Å². The topological polar surface area (TPSA) is 88.9 Å². The van der Waals surface area contributed by atoms with Gasteiger partial charge in [0.2, 0.25) is 0 Å². The predicted octanol–water partition coefficient (Wildman–Crippen LogP) is 5.34. The van der Waals surface area contributed by atoms with Gasteiger partial charge in [-0.2, -0.15) is 0 Å². The maximum Gasteiger partial charge on any atom is 0.252 e. The van der Waals surface area contributed by atoms with E-state index in [1.165, 1.54) is 5.56 Å². The third-order valence-electron chi connectivity index (χ3n) is 7.31. The van der Waals surface area contributed by atoms with Crippen LogP contribution in [0, 0.1) is 13.8 Å². The van der Waals surface area contributed by atoms with E-state index in [0.29, 0.717) is 25.2 Å². The molecule has 2 heterocycles. The first-order valence-corrected chi connectivity index (χ1v) is 13.2. The van der Waals surface area contributed by atoms with Gasteiger partial charge in [-0.1, -0.05) is 49.4 Å². The zero-order chi connectivity index (χ0) is 27.4. The van der Waals surface area contributed by atoms with E-state index in [9.17, 15) is 4.79 Å². The van der Waals surface area contributed by atoms with Gasteiger partial charge in [-0.25, -0.2) is 4.68 Å². The lowest BCUT2D eigenvalue weighted by molar-refractivity contribution is 0.161. The average Bonchev–Trinajstić information content (AvgIpc) is 3.39. The zero-order valence-electron chi connectivity index (χ0n) is 22.9. The van der Waals surface area contributed by atoms with E-state index in [2.05, 4.69) is 76.5 Å². The number of hydrogen-bond donors (Lipinski definition) is 1. The Morgan fingerprint density at radius 1 is 0.949 bits per heavy atom. The minimum absolute atomic E-state index is 0.0794. The van der Waals surface area contributed by atoms with Gasteiger partial charge < -0.3 is 9.72 Å². The number of aryl methyl sites for hydroxylation is 2. The Balaban J connectivity index is 1.53. The van der Waals surface area contributed by atoms with Crippen molar-refractivity contribution in [3.63, 3.8) is 0 Å². The molecule has 8 heteroatoms. The Kier molecular flexibility index (Phi) is 7.84. The lowest BCUT2D eigenvalue weighted by Crippen LogP contribution is -2.32. The van der Waals surface area contributed by atoms with E-state index < -0.39 is 0 Å². The Morgan fingerprint density at radius 2 is 1.69 bits per heavy atom. The summed E-state index contributed by atoms with van der Waals surface area (Å²) >= 11 is 0. The number of nitrogens with one attached hydrogen (secondary N) is 1. The van der Waals surface area contributed by atoms with Gasteiger partial charge in [0, 0.05) is 24.2 Å². The number of hydrogen-bond acceptors (Lipinski definition) is 6. The molecule has 200 valence electrons. The minimum atomic E-state index is -0.110. The Morgan fingerprint density at radius 3 is 2.41 bits per heavy atom. The molecule has 1 N–H and O–H groups in total. The van der Waals surface area contributed by atoms with Crippen LogP contribution in [0.25, 0.3) is 10.9 Å². The van der Waals surface area contributed by atoms with Crippen LogP contribution in [0.3, 0.4) is 0 Å². The largest absolute Gasteiger partial charge is 0.497 e. The fraction of sp³-hybridized carbons (Fsp3) is 0.290. The summed E-state index contributed by atoms with van der Waals surface area (Å²) in [6.45, 7) is 7.92. The summed E-state index contributed by atoms with van der Waals surface area (Å²) in [5.74, 6) is 1.58. The fourth-order valence-electron chi connectivity index (χ4n) is 5.02. The number of benzene rings is 3. The highest BCUT2D eigenvalue weighted by atomic mass is 16.5. The molecule has 3 aromatic carbocycles. The molecule has 39 heavy (non-hydrogen) atoms. The molecule has 0 radical (unpaired) electrons. The third kappa shape index (κ3) is 5.91. The molecule has 0 aliphatic heterocycles. The molecule has 0 bridgehead atoms. The predicted molar refractivity (Wildman–Crippen MR) is 153 cm³/mol. The first-order chi connectivity index (χ1) is 18.9. The molecule has 0 aliphatic carbocycles. The summed E-state index contributed by atoms with van der Waals surface area (Å²) < 4.78 is 7.22. The number of aromatic nitrogens is 5. The van der Waals surface area contributed by atoms with Gasteiger partial charge in [0.1, 0.15) is 5.75 Å². The number of methoxy groups -OCH3 is 1. The number of ether oxygens (including phenoxy) is 1. The number of tetrazole rings is 1. The Hall–Kier alpha value is -4.30. The van der Waals surface area contributed by atoms with Crippen LogP contribution >= 0.6 is 0 Å². The summed E-state index contributed by atoms with van der Waals surface area (Å²) in [5, 5.41) is 13.8. The summed E-state index contributed by atoms with van der Waals surface area (Å²) in [4.78, 5) is 18.6. The number of pyridine rings is 1. The highest BCUT2D eigenvalue weighted by molar-refractivity contribution is 5.80. The molecule has 5 rings (SSSR count). The maximum atomic E-state index is 13.3. The van der Waals surface area contributed by atoms with E-state index in [4.69, 9.17) is 4.74 Å². The first kappa shape index (κ1) is 26.3. The van der Waals surface area contributed by atoms with Crippen molar-refractivity contribution in [3.05, 3.63) is 117 Å². The van der Waals surface area contributed by atoms with Gasteiger partial charge in [-0.05, 0) is 88.7 Å². The van der Waals surface area contributed by atoms with Gasteiger partial charge in [0.15, 0.2) is 5.82 Å². The molecule has 5 aromatic rings. The summed E-state index contributed by atoms with van der Waals surface area (Å²) in [6, 6.07) is 24.3. The average molecular weight is 523 g/mol. The van der Waals surface area contributed by atoms with E-state index in [1.807, 2.05) is 47.1 Å². The molecule has 0 fully saturated rings. The SMILES string of the molecule is CC[C@H](c1nnnn1Cc1ccccc1)N(Cc1ccc(OC)cc1)Cc1cc2cc(C)c(C)cc2[nH]c1=O. The molecule has 2 aromatic heterocycles. The highest BCUT2D eigenvalue weighted by Gasteiger charge is 2.26. The molecule has 1 atom stereocenters. The number of aromatic amines is 1. The van der Waals surface area contributed by atoms with Crippen LogP contribution in [0.4, 0.5) is 0 Å². The molecular weight excluding hydrogens is 488 g/mol. The van der Waals surface area contributed by atoms with Gasteiger partial charge in [-0.15, -0.1) is 5.10 Å². The quantitative estimate of drug-likeness (QED) is 0.266. The standard InChI is InChI=1S/C31H34N6O2/c1-5-29(30-33-34-35-37(30)19-23-9-7-6-8-10-23)36(18-24-11-13-27(39-4)14-12-24)20-26-17-25-15-21(2)22(3)16-28(25)32-31(26)38/h6-17,29H,5,18-20H2,1-4H3,(H,32,38)/t29-/m1/s1. The van der Waals surface area contributed by atoms with Crippen molar-refractivity contribution >= 4 is 10.9 Å². The van der Waals surface area contributed by atoms with Crippen LogP contribution in [0.5, 0.6) is 5.75 Å². The van der Waals surface area contributed by atoms with Gasteiger partial charge in [0.05, 0.1) is 19.7 Å². The Bertz CT molecular complexity index is 1610. The van der Waals surface area contributed by atoms with Crippen molar-refractivity contribution in [2.24, 2.45) is 0 Å². The van der Waals surface area contributed by atoms with Crippen LogP contribution < -0.4 is 10.3 Å². The normalized spacial score (nSPS) is 12.2. The Labute approximate surface area is 228 Å². The van der Waals surface area contributed by atoms with Crippen molar-refractivity contribution in [3.8, 4) is 5.75 Å². The van der Waals surface area contributed by atoms with Crippen molar-refractivity contribution in [2.75, 3.05) is 7.11 Å². The molecule has 0 saturated heterocycles. The van der Waals surface area contributed by atoms with Crippen LogP contribution in [0.2, 0.25) is 0 Å². The van der Waals surface area contributed by atoms with E-state index in [0.717, 1.165) is 45.6 Å². The van der Waals surface area contributed by atoms with Crippen molar-refractivity contribution < 1.29 is 4.74 Å². The van der Waals surface area contributed by atoms with Gasteiger partial charge >= 0.3 is 0 Å². The maximum absolute atomic E-state index is 13.3. The van der Waals surface area contributed by atoms with Crippen molar-refractivity contribution in [1.82, 2.24) is 30.1 Å². The number of rotatable bonds is 10. The van der Waals surface area contributed by atoms with Crippen LogP contribution in [-0.4, -0.2) is 37.2 Å². The number of H-pyrrole nitrogens is 1. The summed E-state index contributed by atoms with van der Waals surface area (Å²) in [5.41, 5.74) is 6.07. The molecule has 0 spiro atoms. The molecule has 0 amide bonds. The molecule has 0 aliphatic rings. The van der Waals surface area contributed by atoms with Crippen LogP contribution in [0.15, 0.2) is 77.6 Å². The molecule has 0 unspecified atom stereocenters. The highest BCUT2D eigenvalue weighted by Crippen LogP contribution is 2.28. The second kappa shape index (κ2) is 11.6. The van der Waals surface area contributed by atoms with E-state index >= 15 is 0 Å². The minimum Gasteiger partial charge on any atom is -0.497 e. The van der Waals surface area contributed by atoms with Crippen LogP contribution in [-0.2, 0) is 19.6 Å². The summed E-state index contributed by atoms with van der Waals surface area (Å²) in [7, 11) is 1.66. The lowest BCUT2D eigenvalue weighted by atomic mass is 10.0. The lowest BCUT2D eigenvalue weighted by Gasteiger charge is -2.30. The fourth-order valence-corrected chi connectivity index (χ4v) is 5.02. The first-order valence-electron chi connectivity index (χ1n) is 13.2. The van der Waals surface area contributed by atoms with Crippen molar-refractivity contribution in [1.29, 1.82) is 0 Å². The number of fused-ring (bicyclic) bond motifs is 1. The van der Waals surface area contributed by atoms with Gasteiger partial charge in [0.25, 0.3) is 5.56 Å². The zero-order valence-corrected chi connectivity index (χ0v) is 22.9. The third-order valence-corrected chi connectivity index (χ3v) is 7.31. The summed E-state index contributed by atoms with van der Waals surface area (Å²) in [6.07, 6.45) is 0.773. The second-order valence-corrected chi connectivity index (χ2v) is 10.0. The smallest absolute Gasteiger partial charge is 0.252 e. The van der Waals surface area contributed by atoms with Gasteiger partial charge in [-0.3, -0.25) is 9.69 Å². The molecule has 0 saturated carbocycles. The second-order valence-electron chi connectivity index (χ2n) is 10.0.